The fourth-order valence-electron chi connectivity index (χ4n) is 2.84. The van der Waals surface area contributed by atoms with Gasteiger partial charge in [0.2, 0.25) is 0 Å². The Morgan fingerprint density at radius 3 is 3.00 bits per heavy atom. The summed E-state index contributed by atoms with van der Waals surface area (Å²) in [7, 11) is 0. The van der Waals surface area contributed by atoms with Gasteiger partial charge in [-0.1, -0.05) is 6.07 Å². The van der Waals surface area contributed by atoms with Crippen molar-refractivity contribution in [2.45, 2.75) is 25.7 Å². The Morgan fingerprint density at radius 2 is 2.35 bits per heavy atom. The number of fused-ring (bicyclic) bond motifs is 2. The molecule has 2 bridgehead atoms. The average Bonchev–Trinajstić information content (AvgIpc) is 2.99. The van der Waals surface area contributed by atoms with Gasteiger partial charge in [0.25, 0.3) is 5.91 Å². The number of nitrogens with zero attached hydrogens (tertiary/aromatic N) is 2. The summed E-state index contributed by atoms with van der Waals surface area (Å²) in [5.74, 6) is 1.20. The predicted octanol–water partition coefficient (Wildman–Crippen LogP) is 1.99. The van der Waals surface area contributed by atoms with Crippen molar-refractivity contribution in [1.82, 2.24) is 10.4 Å². The molecule has 0 saturated heterocycles. The first-order chi connectivity index (χ1) is 8.33. The Bertz CT molecular complexity index is 455. The van der Waals surface area contributed by atoms with Crippen LogP contribution in [0.3, 0.4) is 0 Å². The largest absolute Gasteiger partial charge is 0.289 e. The summed E-state index contributed by atoms with van der Waals surface area (Å²) in [5.41, 5.74) is 4.20. The average molecular weight is 229 g/mol. The van der Waals surface area contributed by atoms with Gasteiger partial charge in [0.1, 0.15) is 5.69 Å². The molecule has 1 N–H and O–H groups in total. The molecule has 4 nitrogen and oxygen atoms in total. The SMILES string of the molecule is O=C(N/N=C1\C[C@H]2CC[C@H]1C2)c1ccccn1. The number of carbonyl (C=O) groups is 1. The maximum absolute atomic E-state index is 11.7. The minimum absolute atomic E-state index is 0.221. The zero-order valence-corrected chi connectivity index (χ0v) is 9.60. The highest BCUT2D eigenvalue weighted by molar-refractivity contribution is 5.95. The third-order valence-corrected chi connectivity index (χ3v) is 3.71. The van der Waals surface area contributed by atoms with E-state index in [9.17, 15) is 4.79 Å². The lowest BCUT2D eigenvalue weighted by atomic mass is 9.99. The highest BCUT2D eigenvalue weighted by Gasteiger charge is 2.36. The van der Waals surface area contributed by atoms with Gasteiger partial charge in [-0.15, -0.1) is 0 Å². The molecule has 0 aromatic carbocycles. The minimum Gasteiger partial charge on any atom is -0.266 e. The topological polar surface area (TPSA) is 54.4 Å². The number of rotatable bonds is 2. The first-order valence-electron chi connectivity index (χ1n) is 6.11. The molecule has 2 aliphatic rings. The molecule has 0 spiro atoms. The van der Waals surface area contributed by atoms with Crippen molar-refractivity contribution in [2.24, 2.45) is 16.9 Å². The highest BCUT2D eigenvalue weighted by atomic mass is 16.2. The fraction of sp³-hybridized carbons (Fsp3) is 0.462. The minimum atomic E-state index is -0.221. The van der Waals surface area contributed by atoms with Gasteiger partial charge >= 0.3 is 0 Å². The predicted molar refractivity (Wildman–Crippen MR) is 64.6 cm³/mol. The van der Waals surface area contributed by atoms with Gasteiger partial charge in [-0.2, -0.15) is 5.10 Å². The van der Waals surface area contributed by atoms with E-state index in [4.69, 9.17) is 0 Å². The Balaban J connectivity index is 1.65. The van der Waals surface area contributed by atoms with Gasteiger partial charge in [0.05, 0.1) is 0 Å². The summed E-state index contributed by atoms with van der Waals surface area (Å²) in [6.07, 6.45) is 6.51. The molecule has 1 aromatic rings. The van der Waals surface area contributed by atoms with E-state index in [-0.39, 0.29) is 5.91 Å². The summed E-state index contributed by atoms with van der Waals surface area (Å²) in [6, 6.07) is 5.28. The molecule has 1 heterocycles. The quantitative estimate of drug-likeness (QED) is 0.788. The Kier molecular flexibility index (Phi) is 2.63. The Hall–Kier alpha value is -1.71. The normalized spacial score (nSPS) is 28.6. The van der Waals surface area contributed by atoms with Crippen LogP contribution in [-0.4, -0.2) is 16.6 Å². The van der Waals surface area contributed by atoms with Crippen molar-refractivity contribution in [3.63, 3.8) is 0 Å². The second-order valence-electron chi connectivity index (χ2n) is 4.84. The number of hydrogen-bond acceptors (Lipinski definition) is 3. The van der Waals surface area contributed by atoms with Gasteiger partial charge in [0, 0.05) is 11.9 Å². The van der Waals surface area contributed by atoms with Gasteiger partial charge in [-0.3, -0.25) is 9.78 Å². The molecule has 88 valence electrons. The van der Waals surface area contributed by atoms with Crippen molar-refractivity contribution in [2.75, 3.05) is 0 Å². The van der Waals surface area contributed by atoms with Crippen LogP contribution in [0.5, 0.6) is 0 Å². The van der Waals surface area contributed by atoms with Crippen LogP contribution in [0.2, 0.25) is 0 Å². The molecule has 1 aromatic heterocycles. The molecule has 17 heavy (non-hydrogen) atoms. The maximum atomic E-state index is 11.7. The van der Waals surface area contributed by atoms with Crippen LogP contribution in [0.25, 0.3) is 0 Å². The highest BCUT2D eigenvalue weighted by Crippen LogP contribution is 2.42. The smallest absolute Gasteiger partial charge is 0.266 e. The van der Waals surface area contributed by atoms with Crippen molar-refractivity contribution in [3.8, 4) is 0 Å². The number of nitrogens with one attached hydrogen (secondary N) is 1. The molecule has 2 saturated carbocycles. The third-order valence-electron chi connectivity index (χ3n) is 3.71. The number of pyridine rings is 1. The lowest BCUT2D eigenvalue weighted by Crippen LogP contribution is -2.22. The van der Waals surface area contributed by atoms with E-state index in [1.54, 1.807) is 24.4 Å². The maximum Gasteiger partial charge on any atom is 0.289 e. The van der Waals surface area contributed by atoms with Gasteiger partial charge in [-0.25, -0.2) is 5.43 Å². The van der Waals surface area contributed by atoms with Crippen LogP contribution in [-0.2, 0) is 0 Å². The third kappa shape index (κ3) is 2.07. The fourth-order valence-corrected chi connectivity index (χ4v) is 2.84. The molecular weight excluding hydrogens is 214 g/mol. The van der Waals surface area contributed by atoms with Crippen molar-refractivity contribution in [1.29, 1.82) is 0 Å². The van der Waals surface area contributed by atoms with E-state index < -0.39 is 0 Å². The monoisotopic (exact) mass is 229 g/mol. The van der Waals surface area contributed by atoms with Crippen LogP contribution < -0.4 is 5.43 Å². The van der Waals surface area contributed by atoms with Crippen LogP contribution in [0, 0.1) is 11.8 Å². The van der Waals surface area contributed by atoms with Gasteiger partial charge < -0.3 is 0 Å². The van der Waals surface area contributed by atoms with Crippen LogP contribution >= 0.6 is 0 Å². The summed E-state index contributed by atoms with van der Waals surface area (Å²) < 4.78 is 0. The number of aromatic nitrogens is 1. The second-order valence-corrected chi connectivity index (χ2v) is 4.84. The van der Waals surface area contributed by atoms with E-state index in [0.717, 1.165) is 12.3 Å². The Morgan fingerprint density at radius 1 is 1.41 bits per heavy atom. The molecule has 4 heteroatoms. The Labute approximate surface area is 100 Å². The first kappa shape index (κ1) is 10.4. The number of carbonyl (C=O) groups excluding carboxylic acids is 1. The molecule has 0 aliphatic heterocycles. The van der Waals surface area contributed by atoms with Crippen LogP contribution in [0.1, 0.15) is 36.2 Å². The zero-order valence-electron chi connectivity index (χ0n) is 9.60. The van der Waals surface area contributed by atoms with Crippen LogP contribution in [0.4, 0.5) is 0 Å². The first-order valence-corrected chi connectivity index (χ1v) is 6.11. The molecule has 2 fully saturated rings. The van der Waals surface area contributed by atoms with Crippen molar-refractivity contribution in [3.05, 3.63) is 30.1 Å². The molecule has 0 unspecified atom stereocenters. The van der Waals surface area contributed by atoms with Crippen molar-refractivity contribution >= 4 is 11.6 Å². The second kappa shape index (κ2) is 4.28. The molecule has 2 aliphatic carbocycles. The van der Waals surface area contributed by atoms with Crippen molar-refractivity contribution < 1.29 is 4.79 Å². The zero-order chi connectivity index (χ0) is 11.7. The number of hydrogen-bond donors (Lipinski definition) is 1. The van der Waals surface area contributed by atoms with Crippen LogP contribution in [0.15, 0.2) is 29.5 Å². The van der Waals surface area contributed by atoms with Gasteiger partial charge in [-0.05, 0) is 49.7 Å². The summed E-state index contributed by atoms with van der Waals surface area (Å²) in [5, 5.41) is 4.26. The summed E-state index contributed by atoms with van der Waals surface area (Å²) >= 11 is 0. The van der Waals surface area contributed by atoms with E-state index in [1.165, 1.54) is 25.0 Å². The number of amides is 1. The number of hydrazone groups is 1. The molecule has 3 rings (SSSR count). The molecule has 0 radical (unpaired) electrons. The molecule has 2 atom stereocenters. The van der Waals surface area contributed by atoms with E-state index in [2.05, 4.69) is 15.5 Å². The molecule has 1 amide bonds. The lowest BCUT2D eigenvalue weighted by Gasteiger charge is -2.11. The standard InChI is InChI=1S/C13H15N3O/c17-13(11-3-1-2-6-14-11)16-15-12-8-9-4-5-10(12)7-9/h1-3,6,9-10H,4-5,7-8H2,(H,16,17)/b15-12+/t9-,10-/m0/s1. The van der Waals surface area contributed by atoms with E-state index in [0.29, 0.717) is 11.6 Å². The van der Waals surface area contributed by atoms with E-state index >= 15 is 0 Å². The van der Waals surface area contributed by atoms with E-state index in [1.807, 2.05) is 0 Å². The van der Waals surface area contributed by atoms with Gasteiger partial charge in [0.15, 0.2) is 0 Å². The lowest BCUT2D eigenvalue weighted by molar-refractivity contribution is 0.0949. The summed E-state index contributed by atoms with van der Waals surface area (Å²) in [4.78, 5) is 15.7. The summed E-state index contributed by atoms with van der Waals surface area (Å²) in [6.45, 7) is 0. The molecular formula is C13H15N3O.